The SMILES string of the molecule is CC(C)(C)c1cc(C(C)(C)C)pc(C(C)(C)C)c1. The van der Waals surface area contributed by atoms with Gasteiger partial charge in [0.05, 0.1) is 0 Å². The van der Waals surface area contributed by atoms with Crippen molar-refractivity contribution in [3.8, 4) is 0 Å². The van der Waals surface area contributed by atoms with Gasteiger partial charge in [-0.3, -0.25) is 0 Å². The average Bonchev–Trinajstić information content (AvgIpc) is 2.13. The Labute approximate surface area is 115 Å². The molecule has 0 saturated heterocycles. The maximum atomic E-state index is 2.43. The molecule has 0 amide bonds. The van der Waals surface area contributed by atoms with E-state index in [0.29, 0.717) is 0 Å². The van der Waals surface area contributed by atoms with Crippen molar-refractivity contribution >= 4 is 8.19 Å². The Balaban J connectivity index is 3.49. The molecule has 0 saturated carbocycles. The van der Waals surface area contributed by atoms with Gasteiger partial charge in [0.15, 0.2) is 0 Å². The smallest absolute Gasteiger partial charge is 0.00882 e. The normalized spacial score (nSPS) is 13.8. The molecule has 1 rings (SSSR count). The Kier molecular flexibility index (Phi) is 4.05. The Morgan fingerprint density at radius 2 is 0.944 bits per heavy atom. The van der Waals surface area contributed by atoms with E-state index < -0.39 is 0 Å². The van der Waals surface area contributed by atoms with E-state index in [1.54, 1.807) is 10.6 Å². The highest BCUT2D eigenvalue weighted by Crippen LogP contribution is 2.40. The molecule has 0 bridgehead atoms. The summed E-state index contributed by atoms with van der Waals surface area (Å²) in [6, 6.07) is 4.85. The van der Waals surface area contributed by atoms with Crippen molar-refractivity contribution < 1.29 is 0 Å². The lowest BCUT2D eigenvalue weighted by atomic mass is 9.83. The minimum absolute atomic E-state index is 0.225. The molecule has 0 spiro atoms. The van der Waals surface area contributed by atoms with Crippen LogP contribution in [0.25, 0.3) is 0 Å². The molecular formula is C17H29P. The Bertz CT molecular complexity index is 343. The lowest BCUT2D eigenvalue weighted by Crippen LogP contribution is -2.18. The van der Waals surface area contributed by atoms with E-state index in [0.717, 1.165) is 0 Å². The van der Waals surface area contributed by atoms with Crippen LogP contribution in [-0.4, -0.2) is 0 Å². The lowest BCUT2D eigenvalue weighted by Gasteiger charge is -2.29. The molecule has 0 aliphatic rings. The van der Waals surface area contributed by atoms with Crippen LogP contribution in [0.4, 0.5) is 0 Å². The fraction of sp³-hybridized carbons (Fsp3) is 0.706. The molecule has 0 aromatic carbocycles. The van der Waals surface area contributed by atoms with E-state index >= 15 is 0 Å². The van der Waals surface area contributed by atoms with Gasteiger partial charge in [0, 0.05) is 0 Å². The van der Waals surface area contributed by atoms with Gasteiger partial charge in [-0.15, -0.1) is 0 Å². The van der Waals surface area contributed by atoms with Gasteiger partial charge in [0.25, 0.3) is 0 Å². The van der Waals surface area contributed by atoms with Crippen molar-refractivity contribution in [3.63, 3.8) is 0 Å². The predicted octanol–water partition coefficient (Wildman–Crippen LogP) is 6.16. The van der Waals surface area contributed by atoms with Crippen LogP contribution in [0.3, 0.4) is 0 Å². The summed E-state index contributed by atoms with van der Waals surface area (Å²) in [5.41, 5.74) is 2.20. The third-order valence-corrected chi connectivity index (χ3v) is 5.31. The first-order valence-electron chi connectivity index (χ1n) is 6.85. The average molecular weight is 264 g/mol. The Hall–Kier alpha value is -0.350. The maximum Gasteiger partial charge on any atom is -0.00882 e. The van der Waals surface area contributed by atoms with Gasteiger partial charge in [0.1, 0.15) is 0 Å². The minimum atomic E-state index is 0.225. The molecule has 102 valence electrons. The van der Waals surface area contributed by atoms with Crippen molar-refractivity contribution in [1.82, 2.24) is 0 Å². The van der Waals surface area contributed by atoms with Crippen molar-refractivity contribution in [2.45, 2.75) is 78.6 Å². The van der Waals surface area contributed by atoms with E-state index in [1.807, 2.05) is 0 Å². The summed E-state index contributed by atoms with van der Waals surface area (Å²) >= 11 is 0. The molecule has 0 atom stereocenters. The zero-order valence-corrected chi connectivity index (χ0v) is 14.5. The van der Waals surface area contributed by atoms with Gasteiger partial charge in [-0.25, -0.2) is 0 Å². The van der Waals surface area contributed by atoms with Crippen molar-refractivity contribution in [3.05, 3.63) is 28.3 Å². The van der Waals surface area contributed by atoms with Crippen LogP contribution >= 0.6 is 8.19 Å². The van der Waals surface area contributed by atoms with Gasteiger partial charge in [0.2, 0.25) is 0 Å². The van der Waals surface area contributed by atoms with Gasteiger partial charge in [-0.2, -0.15) is 0 Å². The van der Waals surface area contributed by atoms with E-state index in [2.05, 4.69) is 74.4 Å². The Morgan fingerprint density at radius 3 is 1.17 bits per heavy atom. The quantitative estimate of drug-likeness (QED) is 0.526. The summed E-state index contributed by atoms with van der Waals surface area (Å²) < 4.78 is 0. The maximum absolute atomic E-state index is 2.43. The van der Waals surface area contributed by atoms with Crippen molar-refractivity contribution in [1.29, 1.82) is 0 Å². The third-order valence-electron chi connectivity index (χ3n) is 3.23. The predicted molar refractivity (Wildman–Crippen MR) is 85.1 cm³/mol. The molecule has 0 N–H and O–H groups in total. The van der Waals surface area contributed by atoms with Crippen LogP contribution in [0.5, 0.6) is 0 Å². The summed E-state index contributed by atoms with van der Waals surface area (Å²) in [6.45, 7) is 20.8. The van der Waals surface area contributed by atoms with E-state index in [4.69, 9.17) is 0 Å². The standard InChI is InChI=1S/C17H29P/c1-15(2,3)12-10-13(16(4,5)6)18-14(11-12)17(7,8)9/h10-11H,1-9H3. The van der Waals surface area contributed by atoms with Crippen LogP contribution in [0, 0.1) is 0 Å². The fourth-order valence-corrected chi connectivity index (χ4v) is 3.07. The van der Waals surface area contributed by atoms with Crippen LogP contribution in [0.15, 0.2) is 12.1 Å². The van der Waals surface area contributed by atoms with Crippen molar-refractivity contribution in [2.24, 2.45) is 0 Å². The molecule has 1 heteroatoms. The van der Waals surface area contributed by atoms with Gasteiger partial charge in [-0.1, -0.05) is 82.6 Å². The summed E-state index contributed by atoms with van der Waals surface area (Å²) in [5.74, 6) is 0. The Morgan fingerprint density at radius 1 is 0.611 bits per heavy atom. The van der Waals surface area contributed by atoms with Gasteiger partial charge in [-0.05, 0) is 32.4 Å². The molecule has 0 unspecified atom stereocenters. The number of rotatable bonds is 0. The second-order valence-corrected chi connectivity index (χ2v) is 9.56. The summed E-state index contributed by atoms with van der Waals surface area (Å²) in [7, 11) is 1.41. The second kappa shape index (κ2) is 4.64. The first-order chi connectivity index (χ1) is 7.82. The van der Waals surface area contributed by atoms with Crippen LogP contribution in [0.1, 0.15) is 78.5 Å². The van der Waals surface area contributed by atoms with Gasteiger partial charge >= 0.3 is 0 Å². The van der Waals surface area contributed by atoms with Crippen LogP contribution < -0.4 is 0 Å². The van der Waals surface area contributed by atoms with Gasteiger partial charge < -0.3 is 0 Å². The minimum Gasteiger partial charge on any atom is -0.0682 e. The molecule has 0 aliphatic heterocycles. The first-order valence-corrected chi connectivity index (χ1v) is 7.75. The monoisotopic (exact) mass is 264 g/mol. The van der Waals surface area contributed by atoms with Crippen LogP contribution in [-0.2, 0) is 16.2 Å². The van der Waals surface area contributed by atoms with E-state index in [1.165, 1.54) is 13.8 Å². The molecular weight excluding hydrogens is 235 g/mol. The highest BCUT2D eigenvalue weighted by atomic mass is 31.0. The zero-order chi connectivity index (χ0) is 14.4. The highest BCUT2D eigenvalue weighted by Gasteiger charge is 2.24. The largest absolute Gasteiger partial charge is 0.0682 e. The summed E-state index contributed by atoms with van der Waals surface area (Å²) in [4.78, 5) is 0. The second-order valence-electron chi connectivity index (χ2n) is 8.38. The van der Waals surface area contributed by atoms with E-state index in [-0.39, 0.29) is 16.2 Å². The third kappa shape index (κ3) is 3.82. The molecule has 0 radical (unpaired) electrons. The number of hydrogen-bond donors (Lipinski definition) is 0. The van der Waals surface area contributed by atoms with Crippen molar-refractivity contribution in [2.75, 3.05) is 0 Å². The molecule has 0 nitrogen and oxygen atoms in total. The number of hydrogen-bond acceptors (Lipinski definition) is 0. The first kappa shape index (κ1) is 15.7. The molecule has 1 aromatic heterocycles. The van der Waals surface area contributed by atoms with Crippen LogP contribution in [0.2, 0.25) is 0 Å². The topological polar surface area (TPSA) is 0 Å². The zero-order valence-electron chi connectivity index (χ0n) is 13.6. The summed E-state index contributed by atoms with van der Waals surface area (Å²) in [6.07, 6.45) is 0. The lowest BCUT2D eigenvalue weighted by molar-refractivity contribution is 0.565. The van der Waals surface area contributed by atoms with E-state index in [9.17, 15) is 0 Å². The summed E-state index contributed by atoms with van der Waals surface area (Å²) in [5, 5.41) is 3.08. The molecule has 0 aliphatic carbocycles. The molecule has 18 heavy (non-hydrogen) atoms. The highest BCUT2D eigenvalue weighted by molar-refractivity contribution is 7.32. The molecule has 1 aromatic rings. The fourth-order valence-electron chi connectivity index (χ4n) is 1.73. The molecule has 0 fully saturated rings. The molecule has 1 heterocycles.